The van der Waals surface area contributed by atoms with Crippen molar-refractivity contribution in [2.45, 2.75) is 26.2 Å². The van der Waals surface area contributed by atoms with Crippen molar-refractivity contribution < 1.29 is 9.90 Å². The zero-order valence-corrected chi connectivity index (χ0v) is 13.0. The Labute approximate surface area is 131 Å². The first-order valence-corrected chi connectivity index (χ1v) is 7.62. The second-order valence-electron chi connectivity index (χ2n) is 5.48. The minimum Gasteiger partial charge on any atom is -0.392 e. The van der Waals surface area contributed by atoms with E-state index in [1.54, 1.807) is 6.92 Å². The van der Waals surface area contributed by atoms with Gasteiger partial charge in [0.05, 0.1) is 6.61 Å². The third-order valence-corrected chi connectivity index (χ3v) is 3.52. The van der Waals surface area contributed by atoms with E-state index in [0.29, 0.717) is 6.42 Å². The molecule has 1 N–H and O–H groups in total. The Kier molecular flexibility index (Phi) is 6.11. The van der Waals surface area contributed by atoms with Crippen LogP contribution in [0, 0.1) is 0 Å². The number of carbonyl (C=O) groups excluding carboxylic acids is 1. The number of hydrogen-bond acceptors (Lipinski definition) is 2. The highest BCUT2D eigenvalue weighted by Crippen LogP contribution is 2.15. The van der Waals surface area contributed by atoms with Crippen molar-refractivity contribution in [1.82, 2.24) is 0 Å². The van der Waals surface area contributed by atoms with Gasteiger partial charge in [-0.3, -0.25) is 4.79 Å². The number of ketones is 1. The van der Waals surface area contributed by atoms with Crippen LogP contribution in [-0.4, -0.2) is 17.5 Å². The molecule has 0 unspecified atom stereocenters. The summed E-state index contributed by atoms with van der Waals surface area (Å²) in [7, 11) is 0. The normalized spacial score (nSPS) is 13.3. The van der Waals surface area contributed by atoms with Gasteiger partial charge in [0.25, 0.3) is 0 Å². The third-order valence-electron chi connectivity index (χ3n) is 3.52. The molecule has 22 heavy (non-hydrogen) atoms. The number of fused-ring (bicyclic) bond motifs is 1. The highest BCUT2D eigenvalue weighted by molar-refractivity contribution is 5.85. The summed E-state index contributed by atoms with van der Waals surface area (Å²) in [6.45, 7) is 1.81. The van der Waals surface area contributed by atoms with E-state index in [-0.39, 0.29) is 12.4 Å². The standard InChI is InChI=1S/C13H12O.C7H10O/c1-10(14)8-11-6-7-12-4-2-3-5-13(12)9-11;8-6-7-4-2-1-3-5-7/h2-7,9H,8H2,1H3;2,4-5,8H,1,3,6H2. The number of allylic oxidation sites excluding steroid dienone is 2. The van der Waals surface area contributed by atoms with Gasteiger partial charge in [0, 0.05) is 6.42 Å². The van der Waals surface area contributed by atoms with Gasteiger partial charge in [0.15, 0.2) is 0 Å². The Morgan fingerprint density at radius 2 is 1.86 bits per heavy atom. The Balaban J connectivity index is 0.000000188. The van der Waals surface area contributed by atoms with Crippen LogP contribution in [-0.2, 0) is 11.2 Å². The molecule has 0 aromatic heterocycles. The smallest absolute Gasteiger partial charge is 0.134 e. The van der Waals surface area contributed by atoms with Crippen molar-refractivity contribution in [3.63, 3.8) is 0 Å². The number of rotatable bonds is 3. The summed E-state index contributed by atoms with van der Waals surface area (Å²) < 4.78 is 0. The molecule has 3 rings (SSSR count). The average molecular weight is 294 g/mol. The van der Waals surface area contributed by atoms with E-state index in [0.717, 1.165) is 24.0 Å². The quantitative estimate of drug-likeness (QED) is 0.920. The van der Waals surface area contributed by atoms with Crippen LogP contribution < -0.4 is 0 Å². The summed E-state index contributed by atoms with van der Waals surface area (Å²) in [5.74, 6) is 0.209. The van der Waals surface area contributed by atoms with E-state index >= 15 is 0 Å². The van der Waals surface area contributed by atoms with Gasteiger partial charge in [0.1, 0.15) is 5.78 Å². The maximum atomic E-state index is 10.9. The molecule has 0 atom stereocenters. The fraction of sp³-hybridized carbons (Fsp3) is 0.250. The van der Waals surface area contributed by atoms with Gasteiger partial charge in [-0.1, -0.05) is 60.7 Å². The van der Waals surface area contributed by atoms with Gasteiger partial charge in [-0.15, -0.1) is 0 Å². The van der Waals surface area contributed by atoms with Crippen LogP contribution in [0.2, 0.25) is 0 Å². The molecular weight excluding hydrogens is 272 g/mol. The molecule has 0 saturated carbocycles. The molecule has 0 heterocycles. The van der Waals surface area contributed by atoms with Crippen molar-refractivity contribution in [2.24, 2.45) is 0 Å². The van der Waals surface area contributed by atoms with Crippen molar-refractivity contribution in [3.05, 3.63) is 71.8 Å². The predicted molar refractivity (Wildman–Crippen MR) is 91.9 cm³/mol. The van der Waals surface area contributed by atoms with E-state index in [2.05, 4.69) is 36.4 Å². The summed E-state index contributed by atoms with van der Waals surface area (Å²) in [5.41, 5.74) is 2.15. The first kappa shape index (κ1) is 16.2. The second kappa shape index (κ2) is 8.30. The monoisotopic (exact) mass is 294 g/mol. The highest BCUT2D eigenvalue weighted by atomic mass is 16.3. The molecule has 0 amide bonds. The largest absolute Gasteiger partial charge is 0.392 e. The lowest BCUT2D eigenvalue weighted by atomic mass is 10.0. The molecule has 0 aliphatic heterocycles. The molecule has 0 bridgehead atoms. The molecule has 0 saturated heterocycles. The maximum absolute atomic E-state index is 10.9. The average Bonchev–Trinajstić information content (AvgIpc) is 2.55. The summed E-state index contributed by atoms with van der Waals surface area (Å²) in [5, 5.41) is 11.0. The van der Waals surface area contributed by atoms with Gasteiger partial charge in [-0.25, -0.2) is 0 Å². The molecule has 2 aromatic rings. The maximum Gasteiger partial charge on any atom is 0.134 e. The van der Waals surface area contributed by atoms with E-state index in [4.69, 9.17) is 5.11 Å². The van der Waals surface area contributed by atoms with E-state index in [1.807, 2.05) is 24.3 Å². The zero-order valence-electron chi connectivity index (χ0n) is 13.0. The second-order valence-corrected chi connectivity index (χ2v) is 5.48. The summed E-state index contributed by atoms with van der Waals surface area (Å²) in [6, 6.07) is 14.3. The molecule has 0 spiro atoms. The van der Waals surface area contributed by atoms with Crippen LogP contribution in [0.3, 0.4) is 0 Å². The Hall–Kier alpha value is -2.19. The fourth-order valence-corrected chi connectivity index (χ4v) is 2.42. The molecule has 0 radical (unpaired) electrons. The van der Waals surface area contributed by atoms with Gasteiger partial charge in [-0.05, 0) is 41.7 Å². The summed E-state index contributed by atoms with van der Waals surface area (Å²) in [6.07, 6.45) is 8.88. The number of aliphatic hydroxyl groups is 1. The fourth-order valence-electron chi connectivity index (χ4n) is 2.42. The molecule has 2 heteroatoms. The van der Waals surface area contributed by atoms with Crippen LogP contribution in [0.25, 0.3) is 10.8 Å². The lowest BCUT2D eigenvalue weighted by molar-refractivity contribution is -0.116. The molecule has 1 aliphatic carbocycles. The highest BCUT2D eigenvalue weighted by Gasteiger charge is 1.98. The molecular formula is C20H22O2. The Morgan fingerprint density at radius 1 is 1.09 bits per heavy atom. The lowest BCUT2D eigenvalue weighted by Crippen LogP contribution is -1.95. The summed E-state index contributed by atoms with van der Waals surface area (Å²) in [4.78, 5) is 10.9. The lowest BCUT2D eigenvalue weighted by Gasteiger charge is -2.00. The Bertz CT molecular complexity index is 696. The first-order valence-electron chi connectivity index (χ1n) is 7.62. The molecule has 0 fully saturated rings. The van der Waals surface area contributed by atoms with Gasteiger partial charge in [0.2, 0.25) is 0 Å². The first-order chi connectivity index (χ1) is 10.7. The van der Waals surface area contributed by atoms with Gasteiger partial charge >= 0.3 is 0 Å². The Morgan fingerprint density at radius 3 is 2.45 bits per heavy atom. The van der Waals surface area contributed by atoms with Gasteiger partial charge in [-0.2, -0.15) is 0 Å². The molecule has 2 aromatic carbocycles. The number of carbonyl (C=O) groups is 1. The number of hydrogen-bond donors (Lipinski definition) is 1. The summed E-state index contributed by atoms with van der Waals surface area (Å²) >= 11 is 0. The zero-order chi connectivity index (χ0) is 15.8. The topological polar surface area (TPSA) is 37.3 Å². The number of benzene rings is 2. The van der Waals surface area contributed by atoms with Crippen LogP contribution in [0.5, 0.6) is 0 Å². The molecule has 2 nitrogen and oxygen atoms in total. The minimum atomic E-state index is 0.191. The van der Waals surface area contributed by atoms with Crippen LogP contribution >= 0.6 is 0 Å². The van der Waals surface area contributed by atoms with Crippen molar-refractivity contribution >= 4 is 16.6 Å². The third kappa shape index (κ3) is 4.97. The van der Waals surface area contributed by atoms with Crippen LogP contribution in [0.1, 0.15) is 25.3 Å². The number of aliphatic hydroxyl groups excluding tert-OH is 1. The van der Waals surface area contributed by atoms with E-state index in [9.17, 15) is 4.79 Å². The van der Waals surface area contributed by atoms with Gasteiger partial charge < -0.3 is 5.11 Å². The van der Waals surface area contributed by atoms with Crippen molar-refractivity contribution in [1.29, 1.82) is 0 Å². The SMILES string of the molecule is CC(=O)Cc1ccc2ccccc2c1.OCC1=CCCC=C1. The minimum absolute atomic E-state index is 0.191. The van der Waals surface area contributed by atoms with E-state index < -0.39 is 0 Å². The number of Topliss-reactive ketones (excluding diaryl/α,β-unsaturated/α-hetero) is 1. The molecule has 1 aliphatic rings. The van der Waals surface area contributed by atoms with Crippen LogP contribution in [0.4, 0.5) is 0 Å². The van der Waals surface area contributed by atoms with Crippen molar-refractivity contribution in [2.75, 3.05) is 6.61 Å². The van der Waals surface area contributed by atoms with E-state index in [1.165, 1.54) is 10.8 Å². The molecule has 114 valence electrons. The predicted octanol–water partition coefficient (Wildman–Crippen LogP) is 4.23. The van der Waals surface area contributed by atoms with Crippen LogP contribution in [0.15, 0.2) is 66.3 Å². The van der Waals surface area contributed by atoms with Crippen molar-refractivity contribution in [3.8, 4) is 0 Å².